The molecule has 0 N–H and O–H groups in total. The lowest BCUT2D eigenvalue weighted by Crippen LogP contribution is -1.94. The second-order valence-electron chi connectivity index (χ2n) is 5.75. The van der Waals surface area contributed by atoms with Gasteiger partial charge in [0.2, 0.25) is 5.88 Å². The van der Waals surface area contributed by atoms with E-state index in [4.69, 9.17) is 16.3 Å². The summed E-state index contributed by atoms with van der Waals surface area (Å²) in [6, 6.07) is 19.6. The van der Waals surface area contributed by atoms with Crippen LogP contribution in [0.1, 0.15) is 5.56 Å². The third-order valence-electron chi connectivity index (χ3n) is 4.05. The van der Waals surface area contributed by atoms with Crippen molar-refractivity contribution in [2.75, 3.05) is 0 Å². The van der Waals surface area contributed by atoms with Crippen LogP contribution in [0.3, 0.4) is 0 Å². The van der Waals surface area contributed by atoms with Gasteiger partial charge in [0.15, 0.2) is 5.75 Å². The van der Waals surface area contributed by atoms with Crippen molar-refractivity contribution in [2.45, 2.75) is 6.92 Å². The van der Waals surface area contributed by atoms with Gasteiger partial charge in [0, 0.05) is 29.4 Å². The van der Waals surface area contributed by atoms with Crippen LogP contribution in [0.5, 0.6) is 11.6 Å². The maximum absolute atomic E-state index is 6.46. The molecule has 4 heteroatoms. The van der Waals surface area contributed by atoms with Crippen molar-refractivity contribution in [1.29, 1.82) is 0 Å². The quantitative estimate of drug-likeness (QED) is 0.453. The monoisotopic (exact) mass is 346 g/mol. The Morgan fingerprint density at radius 3 is 2.60 bits per heavy atom. The minimum absolute atomic E-state index is 0.503. The highest BCUT2D eigenvalue weighted by molar-refractivity contribution is 6.32. The predicted octanol–water partition coefficient (Wildman–Crippen LogP) is 6.05. The zero-order valence-electron chi connectivity index (χ0n) is 13.6. The molecular weight excluding hydrogens is 332 g/mol. The highest BCUT2D eigenvalue weighted by Gasteiger charge is 2.15. The van der Waals surface area contributed by atoms with E-state index in [0.717, 1.165) is 27.6 Å². The molecule has 2 aromatic carbocycles. The summed E-state index contributed by atoms with van der Waals surface area (Å²) in [6.07, 6.45) is 3.50. The average molecular weight is 347 g/mol. The van der Waals surface area contributed by atoms with Crippen molar-refractivity contribution in [3.05, 3.63) is 83.6 Å². The highest BCUT2D eigenvalue weighted by Crippen LogP contribution is 2.41. The average Bonchev–Trinajstić information content (AvgIpc) is 2.65. The zero-order chi connectivity index (χ0) is 17.2. The summed E-state index contributed by atoms with van der Waals surface area (Å²) in [5, 5.41) is 1.52. The summed E-state index contributed by atoms with van der Waals surface area (Å²) in [7, 11) is 0. The maximum atomic E-state index is 6.46. The van der Waals surface area contributed by atoms with Gasteiger partial charge < -0.3 is 4.74 Å². The van der Waals surface area contributed by atoms with E-state index in [1.54, 1.807) is 12.4 Å². The second kappa shape index (κ2) is 6.54. The standard InChI is InChI=1S/C21H15ClN2O/c1-14-7-9-17(22)21(20(14)15-5-3-2-4-6-15)25-19-10-8-16-13-23-12-11-18(16)24-19/h2-13H,1H3. The summed E-state index contributed by atoms with van der Waals surface area (Å²) in [4.78, 5) is 8.66. The minimum Gasteiger partial charge on any atom is -0.437 e. The summed E-state index contributed by atoms with van der Waals surface area (Å²) in [5.74, 6) is 1.12. The number of ether oxygens (including phenoxy) is 1. The van der Waals surface area contributed by atoms with Crippen LogP contribution >= 0.6 is 11.6 Å². The molecule has 2 heterocycles. The molecule has 0 bridgehead atoms. The number of pyridine rings is 2. The molecule has 0 aliphatic carbocycles. The van der Waals surface area contributed by atoms with E-state index >= 15 is 0 Å². The number of aryl methyl sites for hydroxylation is 1. The molecule has 2 aromatic heterocycles. The third-order valence-corrected chi connectivity index (χ3v) is 4.35. The Hall–Kier alpha value is -2.91. The Balaban J connectivity index is 1.83. The van der Waals surface area contributed by atoms with Crippen LogP contribution in [-0.4, -0.2) is 9.97 Å². The first kappa shape index (κ1) is 15.6. The molecule has 0 aliphatic rings. The molecule has 122 valence electrons. The molecule has 3 nitrogen and oxygen atoms in total. The number of halogens is 1. The van der Waals surface area contributed by atoms with E-state index in [-0.39, 0.29) is 0 Å². The molecule has 0 radical (unpaired) electrons. The molecule has 0 atom stereocenters. The van der Waals surface area contributed by atoms with Crippen LogP contribution in [-0.2, 0) is 0 Å². The third kappa shape index (κ3) is 3.06. The highest BCUT2D eigenvalue weighted by atomic mass is 35.5. The van der Waals surface area contributed by atoms with E-state index in [1.807, 2.05) is 67.6 Å². The molecule has 0 amide bonds. The molecule has 4 rings (SSSR count). The van der Waals surface area contributed by atoms with Gasteiger partial charge in [-0.25, -0.2) is 4.98 Å². The van der Waals surface area contributed by atoms with E-state index in [9.17, 15) is 0 Å². The van der Waals surface area contributed by atoms with E-state index < -0.39 is 0 Å². The van der Waals surface area contributed by atoms with Gasteiger partial charge in [-0.05, 0) is 36.2 Å². The summed E-state index contributed by atoms with van der Waals surface area (Å²) in [6.45, 7) is 2.05. The van der Waals surface area contributed by atoms with Crippen molar-refractivity contribution in [3.8, 4) is 22.8 Å². The summed E-state index contributed by atoms with van der Waals surface area (Å²) >= 11 is 6.46. The van der Waals surface area contributed by atoms with Crippen molar-refractivity contribution < 1.29 is 4.74 Å². The van der Waals surface area contributed by atoms with Crippen LogP contribution in [0.25, 0.3) is 22.0 Å². The largest absolute Gasteiger partial charge is 0.437 e. The zero-order valence-corrected chi connectivity index (χ0v) is 14.4. The van der Waals surface area contributed by atoms with Gasteiger partial charge in [-0.2, -0.15) is 0 Å². The van der Waals surface area contributed by atoms with Crippen molar-refractivity contribution >= 4 is 22.5 Å². The molecule has 25 heavy (non-hydrogen) atoms. The molecule has 0 unspecified atom stereocenters. The molecular formula is C21H15ClN2O. The van der Waals surface area contributed by atoms with Gasteiger partial charge in [0.25, 0.3) is 0 Å². The summed E-state index contributed by atoms with van der Waals surface area (Å²) < 4.78 is 6.12. The summed E-state index contributed by atoms with van der Waals surface area (Å²) in [5.41, 5.74) is 3.96. The number of hydrogen-bond donors (Lipinski definition) is 0. The number of fused-ring (bicyclic) bond motifs is 1. The topological polar surface area (TPSA) is 35.0 Å². The number of aromatic nitrogens is 2. The number of rotatable bonds is 3. The van der Waals surface area contributed by atoms with Gasteiger partial charge >= 0.3 is 0 Å². The van der Waals surface area contributed by atoms with Gasteiger partial charge in [-0.3, -0.25) is 4.98 Å². The van der Waals surface area contributed by atoms with Crippen molar-refractivity contribution in [1.82, 2.24) is 9.97 Å². The van der Waals surface area contributed by atoms with Crippen LogP contribution < -0.4 is 4.74 Å². The SMILES string of the molecule is Cc1ccc(Cl)c(Oc2ccc3cnccc3n2)c1-c1ccccc1. The fraction of sp³-hybridized carbons (Fsp3) is 0.0476. The molecule has 0 saturated carbocycles. The van der Waals surface area contributed by atoms with Gasteiger partial charge in [0.1, 0.15) is 0 Å². The molecule has 4 aromatic rings. The molecule has 0 saturated heterocycles. The smallest absolute Gasteiger partial charge is 0.219 e. The van der Waals surface area contributed by atoms with Crippen molar-refractivity contribution in [2.24, 2.45) is 0 Å². The lowest BCUT2D eigenvalue weighted by molar-refractivity contribution is 0.467. The second-order valence-corrected chi connectivity index (χ2v) is 6.16. The van der Waals surface area contributed by atoms with Crippen LogP contribution in [0.15, 0.2) is 73.1 Å². The van der Waals surface area contributed by atoms with Crippen LogP contribution in [0.2, 0.25) is 5.02 Å². The number of hydrogen-bond acceptors (Lipinski definition) is 3. The fourth-order valence-corrected chi connectivity index (χ4v) is 3.02. The molecule has 0 spiro atoms. The first-order valence-corrected chi connectivity index (χ1v) is 8.33. The normalized spacial score (nSPS) is 10.8. The van der Waals surface area contributed by atoms with Crippen LogP contribution in [0, 0.1) is 6.92 Å². The first-order valence-electron chi connectivity index (χ1n) is 7.95. The Morgan fingerprint density at radius 1 is 0.920 bits per heavy atom. The predicted molar refractivity (Wildman–Crippen MR) is 101 cm³/mol. The Labute approximate surface area is 150 Å². The lowest BCUT2D eigenvalue weighted by atomic mass is 9.99. The van der Waals surface area contributed by atoms with Gasteiger partial charge in [-0.15, -0.1) is 0 Å². The Bertz CT molecular complexity index is 1050. The van der Waals surface area contributed by atoms with E-state index in [0.29, 0.717) is 16.7 Å². The number of nitrogens with zero attached hydrogens (tertiary/aromatic N) is 2. The molecule has 0 fully saturated rings. The fourth-order valence-electron chi connectivity index (χ4n) is 2.83. The van der Waals surface area contributed by atoms with Crippen LogP contribution in [0.4, 0.5) is 0 Å². The van der Waals surface area contributed by atoms with Crippen molar-refractivity contribution in [3.63, 3.8) is 0 Å². The molecule has 0 aliphatic heterocycles. The van der Waals surface area contributed by atoms with E-state index in [2.05, 4.69) is 9.97 Å². The lowest BCUT2D eigenvalue weighted by Gasteiger charge is -2.15. The minimum atomic E-state index is 0.503. The maximum Gasteiger partial charge on any atom is 0.219 e. The van der Waals surface area contributed by atoms with E-state index in [1.165, 1.54) is 0 Å². The number of benzene rings is 2. The first-order chi connectivity index (χ1) is 12.2. The Morgan fingerprint density at radius 2 is 1.76 bits per heavy atom. The van der Waals surface area contributed by atoms with Gasteiger partial charge in [0.05, 0.1) is 10.5 Å². The van der Waals surface area contributed by atoms with Gasteiger partial charge in [-0.1, -0.05) is 48.0 Å². The Kier molecular flexibility index (Phi) is 4.08.